The van der Waals surface area contributed by atoms with Crippen LogP contribution in [0.1, 0.15) is 0 Å². The van der Waals surface area contributed by atoms with Crippen LogP contribution in [-0.2, 0) is 9.59 Å². The molecule has 0 aliphatic carbocycles. The van der Waals surface area contributed by atoms with Crippen LogP contribution in [0, 0.1) is 5.82 Å². The number of carbonyl (C=O) groups is 2. The molecule has 6 heteroatoms. The van der Waals surface area contributed by atoms with E-state index in [1.165, 1.54) is 29.2 Å². The van der Waals surface area contributed by atoms with Gasteiger partial charge in [0.1, 0.15) is 5.82 Å². The van der Waals surface area contributed by atoms with E-state index >= 15 is 0 Å². The molecule has 0 bridgehead atoms. The van der Waals surface area contributed by atoms with Gasteiger partial charge in [-0.05, 0) is 18.2 Å². The molecule has 0 unspecified atom stereocenters. The fourth-order valence-electron chi connectivity index (χ4n) is 1.76. The molecule has 2 rings (SSSR count). The molecule has 0 aromatic heterocycles. The van der Waals surface area contributed by atoms with Gasteiger partial charge < -0.3 is 15.5 Å². The quantitative estimate of drug-likeness (QED) is 0.701. The summed E-state index contributed by atoms with van der Waals surface area (Å²) < 4.78 is 12.9. The normalized spacial score (nSPS) is 15.3. The number of carbonyl (C=O) groups excluding carboxylic acids is 2. The highest BCUT2D eigenvalue weighted by atomic mass is 19.1. The molecule has 1 aliphatic rings. The summed E-state index contributed by atoms with van der Waals surface area (Å²) in [5.74, 6) is -1.77. The number of amides is 2. The minimum atomic E-state index is -0.734. The van der Waals surface area contributed by atoms with E-state index in [4.69, 9.17) is 0 Å². The van der Waals surface area contributed by atoms with E-state index in [9.17, 15) is 14.0 Å². The molecule has 1 fully saturated rings. The Morgan fingerprint density at radius 2 is 2.00 bits per heavy atom. The first kappa shape index (κ1) is 12.5. The van der Waals surface area contributed by atoms with Crippen molar-refractivity contribution in [3.8, 4) is 0 Å². The van der Waals surface area contributed by atoms with Crippen molar-refractivity contribution < 1.29 is 14.0 Å². The maximum Gasteiger partial charge on any atom is 0.313 e. The highest BCUT2D eigenvalue weighted by molar-refractivity contribution is 6.39. The monoisotopic (exact) mass is 251 g/mol. The summed E-state index contributed by atoms with van der Waals surface area (Å²) in [6.07, 6.45) is 0. The number of rotatable bonds is 1. The summed E-state index contributed by atoms with van der Waals surface area (Å²) in [7, 11) is 0. The molecule has 0 radical (unpaired) electrons. The van der Waals surface area contributed by atoms with Crippen LogP contribution in [0.25, 0.3) is 0 Å². The van der Waals surface area contributed by atoms with Crippen molar-refractivity contribution >= 4 is 17.5 Å². The fraction of sp³-hybridized carbons (Fsp3) is 0.333. The second kappa shape index (κ2) is 5.59. The molecule has 5 nitrogen and oxygen atoms in total. The summed E-state index contributed by atoms with van der Waals surface area (Å²) in [5, 5.41) is 5.48. The van der Waals surface area contributed by atoms with E-state index in [0.717, 1.165) is 0 Å². The van der Waals surface area contributed by atoms with Crippen LogP contribution in [0.15, 0.2) is 24.3 Å². The summed E-state index contributed by atoms with van der Waals surface area (Å²) in [4.78, 5) is 24.9. The van der Waals surface area contributed by atoms with Gasteiger partial charge in [0.25, 0.3) is 0 Å². The molecule has 1 heterocycles. The Labute approximate surface area is 104 Å². The molecule has 1 aromatic carbocycles. The fourth-order valence-corrected chi connectivity index (χ4v) is 1.76. The molecule has 2 N–H and O–H groups in total. The van der Waals surface area contributed by atoms with E-state index in [-0.39, 0.29) is 5.69 Å². The number of hydrogen-bond donors (Lipinski definition) is 2. The number of hydrogen-bond acceptors (Lipinski definition) is 3. The van der Waals surface area contributed by atoms with E-state index < -0.39 is 17.6 Å². The highest BCUT2D eigenvalue weighted by Gasteiger charge is 2.23. The number of anilines is 1. The van der Waals surface area contributed by atoms with Crippen molar-refractivity contribution in [2.45, 2.75) is 0 Å². The number of piperazine rings is 1. The Kier molecular flexibility index (Phi) is 3.88. The Morgan fingerprint density at radius 1 is 1.28 bits per heavy atom. The first-order chi connectivity index (χ1) is 8.66. The number of nitrogens with zero attached hydrogens (tertiary/aromatic N) is 1. The van der Waals surface area contributed by atoms with Crippen LogP contribution in [0.5, 0.6) is 0 Å². The van der Waals surface area contributed by atoms with Gasteiger partial charge in [-0.25, -0.2) is 4.39 Å². The van der Waals surface area contributed by atoms with Crippen molar-refractivity contribution in [1.82, 2.24) is 10.2 Å². The zero-order valence-corrected chi connectivity index (χ0v) is 9.78. The molecule has 1 aromatic rings. The molecule has 96 valence electrons. The standard InChI is InChI=1S/C12H14FN3O2/c13-9-2-1-3-10(8-9)15-11(17)12(18)16-6-4-14-5-7-16/h1-3,8,14H,4-7H2,(H,15,17). The summed E-state index contributed by atoms with van der Waals surface area (Å²) in [5.41, 5.74) is 0.281. The third kappa shape index (κ3) is 3.04. The zero-order valence-electron chi connectivity index (χ0n) is 9.78. The van der Waals surface area contributed by atoms with E-state index in [0.29, 0.717) is 26.2 Å². The minimum Gasteiger partial charge on any atom is -0.332 e. The van der Waals surface area contributed by atoms with Gasteiger partial charge in [-0.2, -0.15) is 0 Å². The lowest BCUT2D eigenvalue weighted by atomic mass is 10.3. The van der Waals surface area contributed by atoms with Gasteiger partial charge in [0, 0.05) is 31.9 Å². The molecule has 1 aliphatic heterocycles. The predicted molar refractivity (Wildman–Crippen MR) is 64.5 cm³/mol. The Morgan fingerprint density at radius 3 is 2.67 bits per heavy atom. The van der Waals surface area contributed by atoms with Crippen LogP contribution in [0.4, 0.5) is 10.1 Å². The summed E-state index contributed by atoms with van der Waals surface area (Å²) in [6.45, 7) is 2.38. The highest BCUT2D eigenvalue weighted by Crippen LogP contribution is 2.09. The lowest BCUT2D eigenvalue weighted by Crippen LogP contribution is -2.49. The van der Waals surface area contributed by atoms with E-state index in [1.54, 1.807) is 0 Å². The molecule has 1 saturated heterocycles. The van der Waals surface area contributed by atoms with Crippen molar-refractivity contribution in [3.05, 3.63) is 30.1 Å². The second-order valence-electron chi connectivity index (χ2n) is 4.01. The number of halogens is 1. The third-order valence-corrected chi connectivity index (χ3v) is 2.68. The SMILES string of the molecule is O=C(Nc1cccc(F)c1)C(=O)N1CCNCC1. The summed E-state index contributed by atoms with van der Waals surface area (Å²) in [6, 6.07) is 5.45. The van der Waals surface area contributed by atoms with Crippen molar-refractivity contribution in [2.24, 2.45) is 0 Å². The van der Waals surface area contributed by atoms with E-state index in [1.807, 2.05) is 0 Å². The van der Waals surface area contributed by atoms with Crippen LogP contribution < -0.4 is 10.6 Å². The van der Waals surface area contributed by atoms with Crippen LogP contribution in [0.3, 0.4) is 0 Å². The largest absolute Gasteiger partial charge is 0.332 e. The topological polar surface area (TPSA) is 61.4 Å². The zero-order chi connectivity index (χ0) is 13.0. The Hall–Kier alpha value is -1.95. The predicted octanol–water partition coefficient (Wildman–Crippen LogP) is 0.196. The first-order valence-corrected chi connectivity index (χ1v) is 5.73. The molecule has 0 spiro atoms. The Balaban J connectivity index is 1.96. The molecule has 0 saturated carbocycles. The van der Waals surface area contributed by atoms with Gasteiger partial charge in [0.15, 0.2) is 0 Å². The van der Waals surface area contributed by atoms with Gasteiger partial charge >= 0.3 is 11.8 Å². The molecule has 0 atom stereocenters. The van der Waals surface area contributed by atoms with Crippen LogP contribution >= 0.6 is 0 Å². The van der Waals surface area contributed by atoms with Gasteiger partial charge in [-0.15, -0.1) is 0 Å². The summed E-state index contributed by atoms with van der Waals surface area (Å²) >= 11 is 0. The molecule has 2 amide bonds. The minimum absolute atomic E-state index is 0.281. The molecular weight excluding hydrogens is 237 g/mol. The number of nitrogens with one attached hydrogen (secondary N) is 2. The van der Waals surface area contributed by atoms with Gasteiger partial charge in [0.05, 0.1) is 0 Å². The smallest absolute Gasteiger partial charge is 0.313 e. The van der Waals surface area contributed by atoms with Gasteiger partial charge in [-0.1, -0.05) is 6.07 Å². The van der Waals surface area contributed by atoms with Crippen LogP contribution in [0.2, 0.25) is 0 Å². The maximum absolute atomic E-state index is 12.9. The van der Waals surface area contributed by atoms with Gasteiger partial charge in [0.2, 0.25) is 0 Å². The van der Waals surface area contributed by atoms with Gasteiger partial charge in [-0.3, -0.25) is 9.59 Å². The lowest BCUT2D eigenvalue weighted by Gasteiger charge is -2.26. The molecular formula is C12H14FN3O2. The second-order valence-corrected chi connectivity index (χ2v) is 4.01. The molecule has 18 heavy (non-hydrogen) atoms. The third-order valence-electron chi connectivity index (χ3n) is 2.68. The maximum atomic E-state index is 12.9. The first-order valence-electron chi connectivity index (χ1n) is 5.73. The number of benzene rings is 1. The van der Waals surface area contributed by atoms with Crippen molar-refractivity contribution in [2.75, 3.05) is 31.5 Å². The average Bonchev–Trinajstić information content (AvgIpc) is 2.39. The lowest BCUT2D eigenvalue weighted by molar-refractivity contribution is -0.143. The average molecular weight is 251 g/mol. The van der Waals surface area contributed by atoms with Crippen molar-refractivity contribution in [3.63, 3.8) is 0 Å². The van der Waals surface area contributed by atoms with Crippen molar-refractivity contribution in [1.29, 1.82) is 0 Å². The van der Waals surface area contributed by atoms with Crippen LogP contribution in [-0.4, -0.2) is 42.9 Å². The van der Waals surface area contributed by atoms with E-state index in [2.05, 4.69) is 10.6 Å². The Bertz CT molecular complexity index is 458.